The lowest BCUT2D eigenvalue weighted by molar-refractivity contribution is -0.120. The molecule has 0 aliphatic carbocycles. The van der Waals surface area contributed by atoms with Crippen LogP contribution in [-0.4, -0.2) is 25.5 Å². The van der Waals surface area contributed by atoms with Crippen LogP contribution < -0.4 is 10.2 Å². The van der Waals surface area contributed by atoms with E-state index >= 15 is 0 Å². The van der Waals surface area contributed by atoms with Crippen LogP contribution in [0.5, 0.6) is 0 Å². The predicted molar refractivity (Wildman–Crippen MR) is 99.5 cm³/mol. The summed E-state index contributed by atoms with van der Waals surface area (Å²) in [7, 11) is 0. The molecule has 1 N–H and O–H groups in total. The molecule has 0 saturated carbocycles. The summed E-state index contributed by atoms with van der Waals surface area (Å²) in [5, 5.41) is 3.04. The average molecular weight is 322 g/mol. The summed E-state index contributed by atoms with van der Waals surface area (Å²) in [6.07, 6.45) is 3.62. The molecule has 1 aliphatic rings. The minimum Gasteiger partial charge on any atom is -0.371 e. The van der Waals surface area contributed by atoms with Gasteiger partial charge in [-0.3, -0.25) is 4.79 Å². The topological polar surface area (TPSA) is 32.3 Å². The molecule has 0 saturated heterocycles. The number of rotatable bonds is 7. The lowest BCUT2D eigenvalue weighted by Crippen LogP contribution is -2.30. The molecule has 0 spiro atoms. The number of aryl methyl sites for hydroxylation is 1. The van der Waals surface area contributed by atoms with Crippen LogP contribution in [-0.2, 0) is 24.1 Å². The van der Waals surface area contributed by atoms with Crippen molar-refractivity contribution in [1.82, 2.24) is 5.32 Å². The predicted octanol–water partition coefficient (Wildman–Crippen LogP) is 3.36. The van der Waals surface area contributed by atoms with Crippen LogP contribution >= 0.6 is 0 Å². The second kappa shape index (κ2) is 8.00. The fourth-order valence-electron chi connectivity index (χ4n) is 3.28. The molecule has 0 atom stereocenters. The normalized spacial score (nSPS) is 13.0. The first-order valence-electron chi connectivity index (χ1n) is 8.93. The molecule has 3 heteroatoms. The van der Waals surface area contributed by atoms with Gasteiger partial charge in [0.05, 0.1) is 6.42 Å². The van der Waals surface area contributed by atoms with Crippen LogP contribution in [0.15, 0.2) is 48.5 Å². The Morgan fingerprint density at radius 2 is 1.83 bits per heavy atom. The second-order valence-electron chi connectivity index (χ2n) is 6.42. The van der Waals surface area contributed by atoms with Gasteiger partial charge in [-0.2, -0.15) is 0 Å². The molecule has 0 bridgehead atoms. The fourth-order valence-corrected chi connectivity index (χ4v) is 3.28. The van der Waals surface area contributed by atoms with E-state index in [1.165, 1.54) is 16.8 Å². The number of hydrogen-bond donors (Lipinski definition) is 1. The number of benzene rings is 2. The van der Waals surface area contributed by atoms with Crippen molar-refractivity contribution in [1.29, 1.82) is 0 Å². The van der Waals surface area contributed by atoms with Crippen molar-refractivity contribution in [2.45, 2.75) is 32.6 Å². The number of para-hydroxylation sites is 1. The molecule has 2 aromatic carbocycles. The molecule has 0 aromatic heterocycles. The van der Waals surface area contributed by atoms with Crippen LogP contribution in [0.25, 0.3) is 0 Å². The van der Waals surface area contributed by atoms with Crippen molar-refractivity contribution >= 4 is 11.6 Å². The Labute approximate surface area is 144 Å². The molecule has 24 heavy (non-hydrogen) atoms. The Morgan fingerprint density at radius 3 is 2.62 bits per heavy atom. The summed E-state index contributed by atoms with van der Waals surface area (Å²) < 4.78 is 0. The molecule has 1 amide bonds. The number of carbonyl (C=O) groups is 1. The highest BCUT2D eigenvalue weighted by Crippen LogP contribution is 2.27. The lowest BCUT2D eigenvalue weighted by Gasteiger charge is -2.19. The van der Waals surface area contributed by atoms with Gasteiger partial charge in [-0.05, 0) is 42.0 Å². The number of anilines is 1. The zero-order valence-electron chi connectivity index (χ0n) is 14.4. The van der Waals surface area contributed by atoms with E-state index in [9.17, 15) is 4.79 Å². The van der Waals surface area contributed by atoms with Crippen molar-refractivity contribution < 1.29 is 4.79 Å². The van der Waals surface area contributed by atoms with Crippen molar-refractivity contribution in [2.24, 2.45) is 0 Å². The van der Waals surface area contributed by atoms with Crippen LogP contribution in [0.1, 0.15) is 30.0 Å². The van der Waals surface area contributed by atoms with Crippen LogP contribution in [0.3, 0.4) is 0 Å². The van der Waals surface area contributed by atoms with Gasteiger partial charge in [0.25, 0.3) is 0 Å². The van der Waals surface area contributed by atoms with Crippen molar-refractivity contribution in [3.05, 3.63) is 65.2 Å². The number of nitrogens with one attached hydrogen (secondary N) is 1. The van der Waals surface area contributed by atoms with Crippen molar-refractivity contribution in [3.63, 3.8) is 0 Å². The van der Waals surface area contributed by atoms with Crippen LogP contribution in [0.2, 0.25) is 0 Å². The monoisotopic (exact) mass is 322 g/mol. The third-order valence-corrected chi connectivity index (χ3v) is 4.71. The molecular weight excluding hydrogens is 296 g/mol. The zero-order chi connectivity index (χ0) is 16.8. The van der Waals surface area contributed by atoms with Crippen molar-refractivity contribution in [2.75, 3.05) is 24.5 Å². The first-order chi connectivity index (χ1) is 11.8. The molecule has 126 valence electrons. The molecular formula is C21H26N2O. The van der Waals surface area contributed by atoms with E-state index in [2.05, 4.69) is 65.7 Å². The Morgan fingerprint density at radius 1 is 1.08 bits per heavy atom. The number of nitrogens with zero attached hydrogens (tertiary/aromatic N) is 1. The molecule has 0 fully saturated rings. The van der Waals surface area contributed by atoms with Gasteiger partial charge in [-0.25, -0.2) is 0 Å². The van der Waals surface area contributed by atoms with Gasteiger partial charge in [0.15, 0.2) is 0 Å². The van der Waals surface area contributed by atoms with Gasteiger partial charge >= 0.3 is 0 Å². The zero-order valence-corrected chi connectivity index (χ0v) is 14.4. The molecule has 3 nitrogen and oxygen atoms in total. The number of hydrogen-bond acceptors (Lipinski definition) is 2. The Hall–Kier alpha value is -2.29. The highest BCUT2D eigenvalue weighted by atomic mass is 16.1. The van der Waals surface area contributed by atoms with Crippen molar-refractivity contribution in [3.8, 4) is 0 Å². The van der Waals surface area contributed by atoms with E-state index in [1.807, 2.05) is 0 Å². The quantitative estimate of drug-likeness (QED) is 0.793. The average Bonchev–Trinajstić information content (AvgIpc) is 3.03. The molecule has 3 rings (SSSR count). The van der Waals surface area contributed by atoms with Crippen LogP contribution in [0, 0.1) is 0 Å². The SMILES string of the molecule is CCc1ccc(CC(=O)NCCCN2CCc3ccccc32)cc1. The minimum atomic E-state index is 0.112. The lowest BCUT2D eigenvalue weighted by atomic mass is 10.1. The number of carbonyl (C=O) groups excluding carboxylic acids is 1. The summed E-state index contributed by atoms with van der Waals surface area (Å²) in [6.45, 7) is 4.98. The Kier molecular flexibility index (Phi) is 5.52. The van der Waals surface area contributed by atoms with Gasteiger partial charge in [0, 0.05) is 25.3 Å². The van der Waals surface area contributed by atoms with Gasteiger partial charge in [0.2, 0.25) is 5.91 Å². The Balaban J connectivity index is 1.38. The van der Waals surface area contributed by atoms with E-state index < -0.39 is 0 Å². The van der Waals surface area contributed by atoms with Gasteiger partial charge in [0.1, 0.15) is 0 Å². The van der Waals surface area contributed by atoms with E-state index in [0.717, 1.165) is 44.5 Å². The van der Waals surface area contributed by atoms with E-state index in [-0.39, 0.29) is 5.91 Å². The largest absolute Gasteiger partial charge is 0.371 e. The highest BCUT2D eigenvalue weighted by molar-refractivity contribution is 5.78. The third kappa shape index (κ3) is 4.16. The van der Waals surface area contributed by atoms with E-state index in [4.69, 9.17) is 0 Å². The summed E-state index contributed by atoms with van der Waals surface area (Å²) in [5.74, 6) is 0.112. The molecule has 0 unspecified atom stereocenters. The summed E-state index contributed by atoms with van der Waals surface area (Å²) in [5.41, 5.74) is 5.19. The first kappa shape index (κ1) is 16.6. The summed E-state index contributed by atoms with van der Waals surface area (Å²) in [4.78, 5) is 14.5. The number of amides is 1. The third-order valence-electron chi connectivity index (χ3n) is 4.71. The molecule has 2 aromatic rings. The standard InChI is InChI=1S/C21H26N2O/c1-2-17-8-10-18(11-9-17)16-21(24)22-13-5-14-23-15-12-19-6-3-4-7-20(19)23/h3-4,6-11H,2,5,12-16H2,1H3,(H,22,24). The van der Waals surface area contributed by atoms with E-state index in [0.29, 0.717) is 6.42 Å². The maximum absolute atomic E-state index is 12.0. The smallest absolute Gasteiger partial charge is 0.224 e. The summed E-state index contributed by atoms with van der Waals surface area (Å²) >= 11 is 0. The second-order valence-corrected chi connectivity index (χ2v) is 6.42. The van der Waals surface area contributed by atoms with E-state index in [1.54, 1.807) is 0 Å². The van der Waals surface area contributed by atoms with Crippen LogP contribution in [0.4, 0.5) is 5.69 Å². The first-order valence-corrected chi connectivity index (χ1v) is 8.93. The number of fused-ring (bicyclic) bond motifs is 1. The maximum Gasteiger partial charge on any atom is 0.224 e. The van der Waals surface area contributed by atoms with Gasteiger partial charge < -0.3 is 10.2 Å². The molecule has 1 aliphatic heterocycles. The summed E-state index contributed by atoms with van der Waals surface area (Å²) in [6, 6.07) is 16.9. The highest BCUT2D eigenvalue weighted by Gasteiger charge is 2.17. The molecule has 1 heterocycles. The molecule has 0 radical (unpaired) electrons. The Bertz CT molecular complexity index is 678. The van der Waals surface area contributed by atoms with Gasteiger partial charge in [-0.15, -0.1) is 0 Å². The fraction of sp³-hybridized carbons (Fsp3) is 0.381. The maximum atomic E-state index is 12.0. The minimum absolute atomic E-state index is 0.112. The van der Waals surface area contributed by atoms with Gasteiger partial charge in [-0.1, -0.05) is 49.4 Å².